The van der Waals surface area contributed by atoms with Crippen molar-refractivity contribution in [1.29, 1.82) is 0 Å². The molecule has 2 rings (SSSR count). The van der Waals surface area contributed by atoms with Crippen LogP contribution in [0.2, 0.25) is 0 Å². The van der Waals surface area contributed by atoms with Crippen molar-refractivity contribution in [1.82, 2.24) is 10.3 Å². The van der Waals surface area contributed by atoms with Gasteiger partial charge in [0.25, 0.3) is 0 Å². The summed E-state index contributed by atoms with van der Waals surface area (Å²) in [6, 6.07) is 7.81. The first kappa shape index (κ1) is 14.0. The molecule has 0 saturated carbocycles. The lowest BCUT2D eigenvalue weighted by Crippen LogP contribution is -2.30. The van der Waals surface area contributed by atoms with Gasteiger partial charge in [0.2, 0.25) is 0 Å². The van der Waals surface area contributed by atoms with Gasteiger partial charge in [0.1, 0.15) is 18.5 Å². The van der Waals surface area contributed by atoms with Crippen molar-refractivity contribution in [3.05, 3.63) is 46.4 Å². The summed E-state index contributed by atoms with van der Waals surface area (Å²) in [5.74, 6) is 0.793. The highest BCUT2D eigenvalue weighted by Gasteiger charge is 2.05. The molecule has 0 amide bonds. The molecule has 0 saturated heterocycles. The Morgan fingerprint density at radius 2 is 2.37 bits per heavy atom. The fraction of sp³-hybridized carbons (Fsp3) is 0.357. The molecule has 1 heterocycles. The molecule has 2 N–H and O–H groups in total. The second kappa shape index (κ2) is 7.23. The van der Waals surface area contributed by atoms with Crippen molar-refractivity contribution >= 4 is 11.3 Å². The molecule has 1 unspecified atom stereocenters. The lowest BCUT2D eigenvalue weighted by Gasteiger charge is -2.13. The molecule has 0 fully saturated rings. The van der Waals surface area contributed by atoms with Gasteiger partial charge in [0, 0.05) is 24.2 Å². The molecule has 5 heteroatoms. The monoisotopic (exact) mass is 278 g/mol. The zero-order chi connectivity index (χ0) is 13.5. The smallest absolute Gasteiger partial charge is 0.119 e. The van der Waals surface area contributed by atoms with Gasteiger partial charge in [-0.3, -0.25) is 4.98 Å². The normalized spacial score (nSPS) is 12.3. The molecule has 0 aliphatic carbocycles. The Labute approximate surface area is 117 Å². The second-order valence-corrected chi connectivity index (χ2v) is 5.35. The molecule has 19 heavy (non-hydrogen) atoms. The lowest BCUT2D eigenvalue weighted by atomic mass is 10.2. The third-order valence-corrected chi connectivity index (χ3v) is 3.37. The number of ether oxygens (including phenoxy) is 1. The minimum absolute atomic E-state index is 0.291. The Balaban J connectivity index is 1.65. The van der Waals surface area contributed by atoms with Gasteiger partial charge in [0.05, 0.1) is 5.51 Å². The molecule has 1 atom stereocenters. The van der Waals surface area contributed by atoms with E-state index in [1.165, 1.54) is 0 Å². The molecule has 2 aromatic rings. The van der Waals surface area contributed by atoms with Crippen molar-refractivity contribution in [2.24, 2.45) is 0 Å². The summed E-state index contributed by atoms with van der Waals surface area (Å²) in [5.41, 5.74) is 2.95. The molecule has 4 nitrogen and oxygen atoms in total. The van der Waals surface area contributed by atoms with Crippen molar-refractivity contribution in [2.45, 2.75) is 19.6 Å². The molecule has 1 aromatic heterocycles. The summed E-state index contributed by atoms with van der Waals surface area (Å²) >= 11 is 1.60. The molecular formula is C14H18N2O2S. The number of aliphatic hydroxyl groups is 1. The number of aliphatic hydroxyl groups excluding tert-OH is 1. The summed E-state index contributed by atoms with van der Waals surface area (Å²) < 4.78 is 5.54. The van der Waals surface area contributed by atoms with E-state index in [4.69, 9.17) is 4.74 Å². The van der Waals surface area contributed by atoms with Crippen LogP contribution < -0.4 is 10.1 Å². The second-order valence-electron chi connectivity index (χ2n) is 4.38. The Morgan fingerprint density at radius 3 is 3.11 bits per heavy atom. The summed E-state index contributed by atoms with van der Waals surface area (Å²) in [4.78, 5) is 5.15. The average Bonchev–Trinajstić information content (AvgIpc) is 2.90. The van der Waals surface area contributed by atoms with Crippen LogP contribution in [0, 0.1) is 6.92 Å². The minimum atomic E-state index is -0.520. The number of benzene rings is 1. The van der Waals surface area contributed by atoms with Gasteiger partial charge in [0.15, 0.2) is 0 Å². The van der Waals surface area contributed by atoms with Crippen LogP contribution in [-0.4, -0.2) is 29.3 Å². The van der Waals surface area contributed by atoms with Gasteiger partial charge in [-0.05, 0) is 24.6 Å². The van der Waals surface area contributed by atoms with E-state index in [1.807, 2.05) is 37.4 Å². The highest BCUT2D eigenvalue weighted by atomic mass is 32.1. The van der Waals surface area contributed by atoms with Crippen LogP contribution in [-0.2, 0) is 6.54 Å². The Hall–Kier alpha value is -1.43. The molecule has 102 valence electrons. The lowest BCUT2D eigenvalue weighted by molar-refractivity contribution is 0.106. The van der Waals surface area contributed by atoms with E-state index in [0.29, 0.717) is 13.2 Å². The zero-order valence-electron chi connectivity index (χ0n) is 10.9. The third kappa shape index (κ3) is 4.98. The summed E-state index contributed by atoms with van der Waals surface area (Å²) in [6.45, 7) is 3.54. The fourth-order valence-electron chi connectivity index (χ4n) is 1.65. The number of nitrogens with zero attached hydrogens (tertiary/aromatic N) is 1. The van der Waals surface area contributed by atoms with Crippen molar-refractivity contribution in [3.63, 3.8) is 0 Å². The maximum Gasteiger partial charge on any atom is 0.119 e. The fourth-order valence-corrected chi connectivity index (χ4v) is 2.21. The Kier molecular flexibility index (Phi) is 5.32. The number of hydrogen-bond donors (Lipinski definition) is 2. The van der Waals surface area contributed by atoms with Gasteiger partial charge in [-0.1, -0.05) is 12.1 Å². The number of aromatic nitrogens is 1. The van der Waals surface area contributed by atoms with Crippen LogP contribution in [0.15, 0.2) is 36.0 Å². The van der Waals surface area contributed by atoms with Crippen LogP contribution in [0.5, 0.6) is 5.75 Å². The van der Waals surface area contributed by atoms with Gasteiger partial charge in [-0.25, -0.2) is 0 Å². The van der Waals surface area contributed by atoms with E-state index in [9.17, 15) is 5.11 Å². The molecular weight excluding hydrogens is 260 g/mol. The standard InChI is InChI=1S/C14H18N2O2S/c1-11-3-2-4-13(5-11)18-9-12(17)6-15-7-14-8-16-10-19-14/h2-5,8,10,12,15,17H,6-7,9H2,1H3. The van der Waals surface area contributed by atoms with Gasteiger partial charge >= 0.3 is 0 Å². The van der Waals surface area contributed by atoms with Crippen molar-refractivity contribution < 1.29 is 9.84 Å². The first-order valence-corrected chi connectivity index (χ1v) is 7.07. The molecule has 1 aromatic carbocycles. The average molecular weight is 278 g/mol. The largest absolute Gasteiger partial charge is 0.491 e. The van der Waals surface area contributed by atoms with Crippen LogP contribution >= 0.6 is 11.3 Å². The molecule has 0 aliphatic rings. The number of thiazole rings is 1. The first-order valence-electron chi connectivity index (χ1n) is 6.19. The summed E-state index contributed by atoms with van der Waals surface area (Å²) in [7, 11) is 0. The highest BCUT2D eigenvalue weighted by Crippen LogP contribution is 2.12. The van der Waals surface area contributed by atoms with Gasteiger partial charge in [-0.2, -0.15) is 0 Å². The third-order valence-electron chi connectivity index (χ3n) is 2.59. The van der Waals surface area contributed by atoms with Crippen molar-refractivity contribution in [3.8, 4) is 5.75 Å². The maximum absolute atomic E-state index is 9.81. The molecule has 0 bridgehead atoms. The highest BCUT2D eigenvalue weighted by molar-refractivity contribution is 7.09. The number of hydrogen-bond acceptors (Lipinski definition) is 5. The molecule has 0 radical (unpaired) electrons. The maximum atomic E-state index is 9.81. The van der Waals surface area contributed by atoms with Crippen LogP contribution in [0.3, 0.4) is 0 Å². The van der Waals surface area contributed by atoms with Gasteiger partial charge in [-0.15, -0.1) is 11.3 Å². The van der Waals surface area contributed by atoms with Gasteiger partial charge < -0.3 is 15.2 Å². The quantitative estimate of drug-likeness (QED) is 0.813. The predicted molar refractivity (Wildman–Crippen MR) is 76.5 cm³/mol. The summed E-state index contributed by atoms with van der Waals surface area (Å²) in [6.07, 6.45) is 1.31. The molecule has 0 aliphatic heterocycles. The van der Waals surface area contributed by atoms with E-state index in [0.717, 1.165) is 22.7 Å². The van der Waals surface area contributed by atoms with Crippen LogP contribution in [0.25, 0.3) is 0 Å². The minimum Gasteiger partial charge on any atom is -0.491 e. The number of aryl methyl sites for hydroxylation is 1. The Bertz CT molecular complexity index is 488. The van der Waals surface area contributed by atoms with E-state index in [-0.39, 0.29) is 0 Å². The first-order chi connectivity index (χ1) is 9.24. The van der Waals surface area contributed by atoms with Crippen molar-refractivity contribution in [2.75, 3.05) is 13.2 Å². The topological polar surface area (TPSA) is 54.4 Å². The summed E-state index contributed by atoms with van der Waals surface area (Å²) in [5, 5.41) is 13.0. The van der Waals surface area contributed by atoms with E-state index in [2.05, 4.69) is 10.3 Å². The predicted octanol–water partition coefficient (Wildman–Crippen LogP) is 1.98. The zero-order valence-corrected chi connectivity index (χ0v) is 11.7. The molecule has 0 spiro atoms. The Morgan fingerprint density at radius 1 is 1.47 bits per heavy atom. The van der Waals surface area contributed by atoms with E-state index >= 15 is 0 Å². The number of rotatable bonds is 7. The number of nitrogens with one attached hydrogen (secondary N) is 1. The SMILES string of the molecule is Cc1cccc(OCC(O)CNCc2cncs2)c1. The van der Waals surface area contributed by atoms with E-state index in [1.54, 1.807) is 16.8 Å². The van der Waals surface area contributed by atoms with Crippen LogP contribution in [0.4, 0.5) is 0 Å². The van der Waals surface area contributed by atoms with E-state index < -0.39 is 6.10 Å². The van der Waals surface area contributed by atoms with Crippen LogP contribution in [0.1, 0.15) is 10.4 Å².